The van der Waals surface area contributed by atoms with Gasteiger partial charge in [-0.15, -0.1) is 0 Å². The van der Waals surface area contributed by atoms with Crippen molar-refractivity contribution in [2.45, 2.75) is 13.3 Å². The molecular weight excluding hydrogens is 268 g/mol. The van der Waals surface area contributed by atoms with Gasteiger partial charge in [0.2, 0.25) is 0 Å². The molecule has 21 heavy (non-hydrogen) atoms. The van der Waals surface area contributed by atoms with Gasteiger partial charge in [-0.3, -0.25) is 14.9 Å². The number of para-hydroxylation sites is 1. The van der Waals surface area contributed by atoms with Crippen molar-refractivity contribution in [3.8, 4) is 0 Å². The van der Waals surface area contributed by atoms with E-state index in [1.165, 1.54) is 18.6 Å². The Hall–Kier alpha value is -2.69. The lowest BCUT2D eigenvalue weighted by Crippen LogP contribution is -2.14. The van der Waals surface area contributed by atoms with Gasteiger partial charge in [0.25, 0.3) is 5.69 Å². The highest BCUT2D eigenvalue weighted by Crippen LogP contribution is 2.36. The number of hydrogen-bond donors (Lipinski definition) is 0. The van der Waals surface area contributed by atoms with Crippen LogP contribution in [0.5, 0.6) is 0 Å². The molecular formula is C16H14N2O3. The molecule has 1 heterocycles. The number of Topliss-reactive ketones (excluding diaryl/α,β-unsaturated/α-hetero) is 1. The largest absolute Gasteiger partial charge is 0.341 e. The number of fused-ring (bicyclic) bond motifs is 1. The molecule has 0 fully saturated rings. The monoisotopic (exact) mass is 282 g/mol. The highest BCUT2D eigenvalue weighted by molar-refractivity contribution is 5.99. The van der Waals surface area contributed by atoms with Crippen LogP contribution in [0.1, 0.15) is 22.8 Å². The van der Waals surface area contributed by atoms with Crippen molar-refractivity contribution < 1.29 is 9.72 Å². The highest BCUT2D eigenvalue weighted by atomic mass is 16.6. The maximum atomic E-state index is 11.7. The molecule has 106 valence electrons. The van der Waals surface area contributed by atoms with E-state index in [0.29, 0.717) is 0 Å². The maximum absolute atomic E-state index is 11.7. The minimum atomic E-state index is -0.515. The average Bonchev–Trinajstić information content (AvgIpc) is 2.90. The topological polar surface area (TPSA) is 63.5 Å². The first-order valence-corrected chi connectivity index (χ1v) is 6.73. The Morgan fingerprint density at radius 3 is 2.71 bits per heavy atom. The van der Waals surface area contributed by atoms with E-state index in [2.05, 4.69) is 11.0 Å². The van der Waals surface area contributed by atoms with Gasteiger partial charge < -0.3 is 4.90 Å². The number of ketones is 1. The van der Waals surface area contributed by atoms with Crippen LogP contribution in [0.2, 0.25) is 0 Å². The summed E-state index contributed by atoms with van der Waals surface area (Å²) in [5, 5.41) is 11.0. The van der Waals surface area contributed by atoms with Gasteiger partial charge in [0.05, 0.1) is 10.5 Å². The molecule has 0 amide bonds. The third-order valence-electron chi connectivity index (χ3n) is 3.75. The predicted molar refractivity (Wildman–Crippen MR) is 80.3 cm³/mol. The fourth-order valence-electron chi connectivity index (χ4n) is 2.74. The molecule has 5 nitrogen and oxygen atoms in total. The number of anilines is 2. The minimum absolute atomic E-state index is 0.140. The zero-order chi connectivity index (χ0) is 15.0. The van der Waals surface area contributed by atoms with Crippen LogP contribution in [0, 0.1) is 10.1 Å². The minimum Gasteiger partial charge on any atom is -0.341 e. The summed E-state index contributed by atoms with van der Waals surface area (Å²) >= 11 is 0. The zero-order valence-corrected chi connectivity index (χ0v) is 11.6. The average molecular weight is 282 g/mol. The number of carbonyl (C=O) groups is 1. The van der Waals surface area contributed by atoms with E-state index in [1.54, 1.807) is 12.1 Å². The molecule has 0 saturated carbocycles. The van der Waals surface area contributed by atoms with Crippen molar-refractivity contribution in [3.63, 3.8) is 0 Å². The fourth-order valence-corrected chi connectivity index (χ4v) is 2.74. The van der Waals surface area contributed by atoms with Crippen LogP contribution in [0.25, 0.3) is 0 Å². The number of nitro groups is 1. The molecule has 2 aromatic rings. The Morgan fingerprint density at radius 1 is 1.24 bits per heavy atom. The summed E-state index contributed by atoms with van der Waals surface area (Å²) in [7, 11) is 0. The summed E-state index contributed by atoms with van der Waals surface area (Å²) in [6.07, 6.45) is 0.933. The number of nitro benzene ring substituents is 1. The normalized spacial score (nSPS) is 13.1. The van der Waals surface area contributed by atoms with Crippen LogP contribution in [0.15, 0.2) is 42.5 Å². The van der Waals surface area contributed by atoms with E-state index >= 15 is 0 Å². The van der Waals surface area contributed by atoms with Gasteiger partial charge in [-0.25, -0.2) is 0 Å². The Kier molecular flexibility index (Phi) is 3.17. The molecule has 0 spiro atoms. The second kappa shape index (κ2) is 5.01. The van der Waals surface area contributed by atoms with Gasteiger partial charge in [-0.1, -0.05) is 18.2 Å². The molecule has 0 atom stereocenters. The Labute approximate surface area is 122 Å². The Bertz CT molecular complexity index is 740. The third kappa shape index (κ3) is 2.27. The van der Waals surface area contributed by atoms with Gasteiger partial charge in [0, 0.05) is 24.0 Å². The van der Waals surface area contributed by atoms with Crippen molar-refractivity contribution in [2.24, 2.45) is 0 Å². The van der Waals surface area contributed by atoms with Gasteiger partial charge >= 0.3 is 0 Å². The molecule has 1 aliphatic heterocycles. The van der Waals surface area contributed by atoms with Crippen molar-refractivity contribution >= 4 is 22.8 Å². The first-order chi connectivity index (χ1) is 10.1. The van der Waals surface area contributed by atoms with Crippen LogP contribution in [0.3, 0.4) is 0 Å². The van der Waals surface area contributed by atoms with Crippen LogP contribution >= 0.6 is 0 Å². The first kappa shape index (κ1) is 13.3. The molecule has 1 aliphatic rings. The van der Waals surface area contributed by atoms with Crippen molar-refractivity contribution in [1.29, 1.82) is 0 Å². The van der Waals surface area contributed by atoms with E-state index in [0.717, 1.165) is 24.3 Å². The van der Waals surface area contributed by atoms with Gasteiger partial charge in [-0.05, 0) is 37.1 Å². The molecule has 0 saturated heterocycles. The molecule has 0 N–H and O–H groups in total. The molecule has 0 bridgehead atoms. The first-order valence-electron chi connectivity index (χ1n) is 6.73. The molecule has 0 aromatic heterocycles. The van der Waals surface area contributed by atoms with Crippen molar-refractivity contribution in [1.82, 2.24) is 0 Å². The lowest BCUT2D eigenvalue weighted by Gasteiger charge is -2.20. The lowest BCUT2D eigenvalue weighted by atomic mass is 10.1. The highest BCUT2D eigenvalue weighted by Gasteiger charge is 2.23. The summed E-state index contributed by atoms with van der Waals surface area (Å²) in [4.78, 5) is 24.2. The van der Waals surface area contributed by atoms with Crippen molar-refractivity contribution in [3.05, 3.63) is 63.7 Å². The maximum Gasteiger partial charge on any atom is 0.280 e. The summed E-state index contributed by atoms with van der Waals surface area (Å²) in [5.74, 6) is -0.295. The van der Waals surface area contributed by atoms with Crippen LogP contribution in [-0.2, 0) is 6.42 Å². The summed E-state index contributed by atoms with van der Waals surface area (Å²) < 4.78 is 0. The van der Waals surface area contributed by atoms with Gasteiger partial charge in [-0.2, -0.15) is 0 Å². The van der Waals surface area contributed by atoms with Crippen LogP contribution in [0.4, 0.5) is 17.1 Å². The molecule has 0 aliphatic carbocycles. The number of nitrogens with zero attached hydrogens (tertiary/aromatic N) is 2. The molecule has 2 aromatic carbocycles. The molecule has 3 rings (SSSR count). The van der Waals surface area contributed by atoms with Crippen molar-refractivity contribution in [2.75, 3.05) is 11.4 Å². The lowest BCUT2D eigenvalue weighted by molar-refractivity contribution is -0.385. The Balaban J connectivity index is 2.07. The molecule has 0 unspecified atom stereocenters. The van der Waals surface area contributed by atoms with E-state index in [4.69, 9.17) is 0 Å². The third-order valence-corrected chi connectivity index (χ3v) is 3.75. The van der Waals surface area contributed by atoms with Crippen LogP contribution < -0.4 is 4.90 Å². The number of hydrogen-bond acceptors (Lipinski definition) is 4. The number of rotatable bonds is 3. The number of carbonyl (C=O) groups excluding carboxylic acids is 1. The number of benzene rings is 2. The molecule has 5 heteroatoms. The standard InChI is InChI=1S/C16H14N2O3/c1-11(19)14-10-13(6-7-16(14)18(20)21)17-9-8-12-4-2-3-5-15(12)17/h2-7,10H,8-9H2,1H3. The quantitative estimate of drug-likeness (QED) is 0.491. The van der Waals surface area contributed by atoms with E-state index in [-0.39, 0.29) is 17.0 Å². The second-order valence-corrected chi connectivity index (χ2v) is 5.05. The predicted octanol–water partition coefficient (Wildman–Crippen LogP) is 3.49. The fraction of sp³-hybridized carbons (Fsp3) is 0.188. The van der Waals surface area contributed by atoms with Gasteiger partial charge in [0.1, 0.15) is 0 Å². The Morgan fingerprint density at radius 2 is 2.00 bits per heavy atom. The van der Waals surface area contributed by atoms with Crippen LogP contribution in [-0.4, -0.2) is 17.3 Å². The SMILES string of the molecule is CC(=O)c1cc(N2CCc3ccccc32)ccc1[N+](=O)[O-]. The van der Waals surface area contributed by atoms with E-state index in [1.807, 2.05) is 18.2 Å². The van der Waals surface area contributed by atoms with Gasteiger partial charge in [0.15, 0.2) is 5.78 Å². The summed E-state index contributed by atoms with van der Waals surface area (Å²) in [5.41, 5.74) is 3.18. The smallest absolute Gasteiger partial charge is 0.280 e. The summed E-state index contributed by atoms with van der Waals surface area (Å²) in [6.45, 7) is 2.17. The van der Waals surface area contributed by atoms with E-state index in [9.17, 15) is 14.9 Å². The summed E-state index contributed by atoms with van der Waals surface area (Å²) in [6, 6.07) is 12.8. The zero-order valence-electron chi connectivity index (χ0n) is 11.6. The second-order valence-electron chi connectivity index (χ2n) is 5.05. The molecule has 0 radical (unpaired) electrons. The van der Waals surface area contributed by atoms with E-state index < -0.39 is 4.92 Å².